The van der Waals surface area contributed by atoms with Crippen molar-refractivity contribution in [3.63, 3.8) is 0 Å². The van der Waals surface area contributed by atoms with Crippen molar-refractivity contribution < 1.29 is 21.7 Å². The molecule has 0 fully saturated rings. The molecule has 0 saturated carbocycles. The summed E-state index contributed by atoms with van der Waals surface area (Å²) in [5, 5.41) is 5.89. The van der Waals surface area contributed by atoms with Crippen molar-refractivity contribution in [1.29, 1.82) is 0 Å². The molecule has 1 nitrogen and oxygen atoms in total. The van der Waals surface area contributed by atoms with Crippen LogP contribution >= 0.6 is 15.8 Å². The average molecular weight is 523 g/mol. The molecule has 173 valence electrons. The number of rotatable bonds is 7. The SMILES string of the molecule is [C-]#[O+].[CH2][CH][CH2].[Fe].c1ccc(P(CCP(c2ccccc2)c2ccccc2)c2ccccc2)cc1. The van der Waals surface area contributed by atoms with E-state index in [2.05, 4.69) is 142 Å². The van der Waals surface area contributed by atoms with E-state index in [-0.39, 0.29) is 32.9 Å². The minimum Gasteiger partial charge on any atom is -0.0622 e. The number of hydrogen-bond acceptors (Lipinski definition) is 0. The van der Waals surface area contributed by atoms with E-state index in [0.717, 1.165) is 0 Å². The summed E-state index contributed by atoms with van der Waals surface area (Å²) in [6.07, 6.45) is 3.91. The average Bonchev–Trinajstić information content (AvgIpc) is 2.90. The summed E-state index contributed by atoms with van der Waals surface area (Å²) in [7, 11) is -0.696. The molecule has 4 aromatic carbocycles. The maximum atomic E-state index is 7.50. The molecule has 4 heteroatoms. The molecule has 0 saturated heterocycles. The summed E-state index contributed by atoms with van der Waals surface area (Å²) in [5.41, 5.74) is 0. The van der Waals surface area contributed by atoms with Crippen LogP contribution in [0.5, 0.6) is 0 Å². The largest absolute Gasteiger partial charge is 0.0622 e. The van der Waals surface area contributed by atoms with Gasteiger partial charge in [0.05, 0.1) is 0 Å². The maximum Gasteiger partial charge on any atom is 0 e. The monoisotopic (exact) mass is 523 g/mol. The Morgan fingerprint density at radius 3 is 0.853 bits per heavy atom. The van der Waals surface area contributed by atoms with Gasteiger partial charge in [0.2, 0.25) is 0 Å². The van der Waals surface area contributed by atoms with E-state index < -0.39 is 0 Å². The van der Waals surface area contributed by atoms with Crippen LogP contribution in [0.25, 0.3) is 0 Å². The summed E-state index contributed by atoms with van der Waals surface area (Å²) in [5.74, 6) is 0. The molecule has 0 aliphatic rings. The van der Waals surface area contributed by atoms with Crippen LogP contribution in [0.1, 0.15) is 0 Å². The topological polar surface area (TPSA) is 19.9 Å². The molecule has 0 bridgehead atoms. The van der Waals surface area contributed by atoms with Gasteiger partial charge in [0, 0.05) is 17.1 Å². The van der Waals surface area contributed by atoms with E-state index in [9.17, 15) is 0 Å². The predicted molar refractivity (Wildman–Crippen MR) is 147 cm³/mol. The fourth-order valence-electron chi connectivity index (χ4n) is 3.45. The Hall–Kier alpha value is -2.00. The third-order valence-electron chi connectivity index (χ3n) is 4.82. The smallest absolute Gasteiger partial charge is 0 e. The van der Waals surface area contributed by atoms with Gasteiger partial charge in [-0.05, 0) is 69.7 Å². The Balaban J connectivity index is 0.000000895. The molecule has 0 aromatic heterocycles. The van der Waals surface area contributed by atoms with Crippen LogP contribution in [0.15, 0.2) is 121 Å². The van der Waals surface area contributed by atoms with Gasteiger partial charge in [-0.15, -0.1) is 0 Å². The van der Waals surface area contributed by atoms with Gasteiger partial charge < -0.3 is 0 Å². The Bertz CT molecular complexity index is 864. The standard InChI is InChI=1S/C26H24P2.C3H5.CO.Fe/c1-5-13-23(14-6-1)27(24-15-7-2-8-16-24)21-22-28(25-17-9-3-10-18-25)26-19-11-4-12-20-26;1-3-2;1-2;/h1-20H,21-22H2;3H,1-2H2;;. The minimum absolute atomic E-state index is 0. The van der Waals surface area contributed by atoms with Gasteiger partial charge in [-0.25, -0.2) is 0 Å². The van der Waals surface area contributed by atoms with E-state index >= 15 is 0 Å². The Labute approximate surface area is 218 Å². The molecule has 0 aliphatic heterocycles. The van der Waals surface area contributed by atoms with Crippen molar-refractivity contribution in [2.45, 2.75) is 0 Å². The summed E-state index contributed by atoms with van der Waals surface area (Å²) in [6, 6.07) is 44.2. The first-order chi connectivity index (χ1) is 16.3. The van der Waals surface area contributed by atoms with E-state index in [1.54, 1.807) is 0 Å². The van der Waals surface area contributed by atoms with Crippen molar-refractivity contribution in [3.05, 3.63) is 148 Å². The van der Waals surface area contributed by atoms with Crippen molar-refractivity contribution in [1.82, 2.24) is 0 Å². The minimum atomic E-state index is -0.348. The van der Waals surface area contributed by atoms with Crippen molar-refractivity contribution in [3.8, 4) is 0 Å². The van der Waals surface area contributed by atoms with Gasteiger partial charge in [0.1, 0.15) is 0 Å². The second-order valence-electron chi connectivity index (χ2n) is 6.93. The Morgan fingerprint density at radius 2 is 0.676 bits per heavy atom. The number of benzene rings is 4. The molecule has 0 aliphatic carbocycles. The summed E-state index contributed by atoms with van der Waals surface area (Å²) >= 11 is 0. The summed E-state index contributed by atoms with van der Waals surface area (Å²) in [6.45, 7) is 11.0. The van der Waals surface area contributed by atoms with Crippen molar-refractivity contribution in [2.75, 3.05) is 12.3 Å². The maximum absolute atomic E-state index is 7.50. The van der Waals surface area contributed by atoms with Gasteiger partial charge in [0.15, 0.2) is 0 Å². The third-order valence-corrected chi connectivity index (χ3v) is 10.2. The van der Waals surface area contributed by atoms with Gasteiger partial charge in [-0.2, -0.15) is 0 Å². The number of hydrogen-bond donors (Lipinski definition) is 0. The molecule has 4 rings (SSSR count). The first-order valence-electron chi connectivity index (χ1n) is 10.7. The molecular weight excluding hydrogens is 494 g/mol. The van der Waals surface area contributed by atoms with Crippen LogP contribution in [0, 0.1) is 26.9 Å². The van der Waals surface area contributed by atoms with E-state index in [4.69, 9.17) is 4.65 Å². The zero-order chi connectivity index (χ0) is 23.7. The van der Waals surface area contributed by atoms with E-state index in [1.807, 2.05) is 0 Å². The quantitative estimate of drug-likeness (QED) is 0.121. The van der Waals surface area contributed by atoms with Gasteiger partial charge in [0.25, 0.3) is 0 Å². The van der Waals surface area contributed by atoms with Gasteiger partial charge in [-0.1, -0.05) is 121 Å². The fourth-order valence-corrected chi connectivity index (χ4v) is 8.80. The Kier molecular flexibility index (Phi) is 16.2. The molecule has 34 heavy (non-hydrogen) atoms. The molecule has 0 heterocycles. The van der Waals surface area contributed by atoms with Gasteiger partial charge >= 0.3 is 11.3 Å². The van der Waals surface area contributed by atoms with Crippen LogP contribution in [0.2, 0.25) is 0 Å². The zero-order valence-corrected chi connectivity index (χ0v) is 22.0. The van der Waals surface area contributed by atoms with Crippen LogP contribution < -0.4 is 21.2 Å². The second kappa shape index (κ2) is 18.3. The molecule has 0 spiro atoms. The molecular formula is C30H29FeOP2. The van der Waals surface area contributed by atoms with Crippen LogP contribution in [-0.4, -0.2) is 12.3 Å². The third kappa shape index (κ3) is 9.70. The molecule has 0 unspecified atom stereocenters. The molecule has 4 aromatic rings. The molecule has 0 atom stereocenters. The molecule has 3 radical (unpaired) electrons. The van der Waals surface area contributed by atoms with E-state index in [1.165, 1.54) is 40.0 Å². The summed E-state index contributed by atoms with van der Waals surface area (Å²) < 4.78 is 7.50. The fraction of sp³-hybridized carbons (Fsp3) is 0.0667. The normalized spacial score (nSPS) is 9.71. The molecule has 0 N–H and O–H groups in total. The van der Waals surface area contributed by atoms with Crippen LogP contribution in [0.3, 0.4) is 0 Å². The van der Waals surface area contributed by atoms with Crippen LogP contribution in [-0.2, 0) is 21.7 Å². The first-order valence-corrected chi connectivity index (χ1v) is 13.7. The summed E-state index contributed by atoms with van der Waals surface area (Å²) in [4.78, 5) is 0. The second-order valence-corrected chi connectivity index (χ2v) is 11.6. The van der Waals surface area contributed by atoms with Gasteiger partial charge in [-0.3, -0.25) is 0 Å². The molecule has 0 amide bonds. The predicted octanol–water partition coefficient (Wildman–Crippen LogP) is 6.07. The van der Waals surface area contributed by atoms with Crippen LogP contribution in [0.4, 0.5) is 0 Å². The zero-order valence-electron chi connectivity index (χ0n) is 19.1. The van der Waals surface area contributed by atoms with Crippen molar-refractivity contribution >= 4 is 37.1 Å². The first kappa shape index (κ1) is 30.0. The van der Waals surface area contributed by atoms with E-state index in [0.29, 0.717) is 0 Å². The van der Waals surface area contributed by atoms with Crippen molar-refractivity contribution in [2.24, 2.45) is 0 Å². The Morgan fingerprint density at radius 1 is 0.500 bits per heavy atom.